The molecule has 0 spiro atoms. The number of carbonyl (C=O) groups excluding carboxylic acids is 1. The Labute approximate surface area is 94.4 Å². The smallest absolute Gasteiger partial charge is 0.288 e. The highest BCUT2D eigenvalue weighted by Gasteiger charge is 2.24. The second-order valence-corrected chi connectivity index (χ2v) is 4.36. The summed E-state index contributed by atoms with van der Waals surface area (Å²) in [6, 6.07) is 0.748. The molecule has 1 aliphatic heterocycles. The van der Waals surface area contributed by atoms with Crippen LogP contribution in [-0.4, -0.2) is 51.7 Å². The van der Waals surface area contributed by atoms with Gasteiger partial charge in [-0.2, -0.15) is 5.10 Å². The van der Waals surface area contributed by atoms with Gasteiger partial charge in [-0.25, -0.2) is 4.98 Å². The lowest BCUT2D eigenvalue weighted by atomic mass is 9.99. The molecule has 6 nitrogen and oxygen atoms in total. The third-order valence-corrected chi connectivity index (χ3v) is 3.17. The summed E-state index contributed by atoms with van der Waals surface area (Å²) in [6.07, 6.45) is 3.31. The molecule has 1 aliphatic rings. The maximum absolute atomic E-state index is 11.7. The maximum atomic E-state index is 11.7. The molecule has 0 radical (unpaired) electrons. The van der Waals surface area contributed by atoms with Gasteiger partial charge in [-0.1, -0.05) is 0 Å². The number of carbonyl (C=O) groups is 1. The number of hydrogen-bond acceptors (Lipinski definition) is 4. The van der Waals surface area contributed by atoms with Crippen LogP contribution >= 0.6 is 0 Å². The first-order valence-electron chi connectivity index (χ1n) is 5.53. The number of amides is 1. The van der Waals surface area contributed by atoms with Gasteiger partial charge in [-0.15, -0.1) is 0 Å². The molecule has 1 fully saturated rings. The summed E-state index contributed by atoms with van der Waals surface area (Å²) in [4.78, 5) is 17.8. The average Bonchev–Trinajstić information content (AvgIpc) is 2.77. The Kier molecular flexibility index (Phi) is 3.19. The number of nitrogens with one attached hydrogen (secondary N) is 2. The van der Waals surface area contributed by atoms with Crippen molar-refractivity contribution in [3.63, 3.8) is 0 Å². The van der Waals surface area contributed by atoms with Crippen molar-refractivity contribution in [3.05, 3.63) is 12.2 Å². The number of nitrogens with zero attached hydrogens (tertiary/aromatic N) is 3. The van der Waals surface area contributed by atoms with Gasteiger partial charge in [-0.05, 0) is 26.8 Å². The third kappa shape index (κ3) is 2.38. The van der Waals surface area contributed by atoms with Gasteiger partial charge >= 0.3 is 0 Å². The number of rotatable bonds is 2. The van der Waals surface area contributed by atoms with Crippen molar-refractivity contribution >= 4 is 5.91 Å². The molecule has 2 N–H and O–H groups in total. The van der Waals surface area contributed by atoms with E-state index in [0.29, 0.717) is 6.04 Å². The molecule has 0 saturated carbocycles. The summed E-state index contributed by atoms with van der Waals surface area (Å²) < 4.78 is 0. The van der Waals surface area contributed by atoms with E-state index in [1.54, 1.807) is 0 Å². The fourth-order valence-corrected chi connectivity index (χ4v) is 1.99. The van der Waals surface area contributed by atoms with Crippen molar-refractivity contribution in [3.8, 4) is 0 Å². The Hall–Kier alpha value is -1.43. The Morgan fingerprint density at radius 3 is 3.12 bits per heavy atom. The van der Waals surface area contributed by atoms with E-state index in [2.05, 4.69) is 39.4 Å². The standard InChI is InChI=1S/C10H17N5O/c1-7-5-8(3-4-15(7)2)13-10(16)9-11-6-12-14-9/h6-8H,3-5H2,1-2H3,(H,13,16)(H,11,12,14). The van der Waals surface area contributed by atoms with Crippen LogP contribution in [0.4, 0.5) is 0 Å². The van der Waals surface area contributed by atoms with Crippen LogP contribution < -0.4 is 5.32 Å². The monoisotopic (exact) mass is 223 g/mol. The molecule has 1 saturated heterocycles. The molecular weight excluding hydrogens is 206 g/mol. The van der Waals surface area contributed by atoms with Gasteiger partial charge in [0.2, 0.25) is 5.82 Å². The van der Waals surface area contributed by atoms with Crippen LogP contribution in [0.15, 0.2) is 6.33 Å². The molecule has 2 rings (SSSR count). The molecule has 1 amide bonds. The van der Waals surface area contributed by atoms with Crippen LogP contribution in [-0.2, 0) is 0 Å². The minimum absolute atomic E-state index is 0.167. The highest BCUT2D eigenvalue weighted by atomic mass is 16.2. The number of H-pyrrole nitrogens is 1. The van der Waals surface area contributed by atoms with E-state index >= 15 is 0 Å². The summed E-state index contributed by atoms with van der Waals surface area (Å²) in [7, 11) is 2.11. The zero-order valence-corrected chi connectivity index (χ0v) is 9.60. The van der Waals surface area contributed by atoms with E-state index in [1.165, 1.54) is 6.33 Å². The SMILES string of the molecule is CC1CC(NC(=O)c2ncn[nH]2)CCN1C. The molecular formula is C10H17N5O. The predicted octanol–water partition coefficient (Wildman–Crippen LogP) is 0.0172. The quantitative estimate of drug-likeness (QED) is 0.741. The Morgan fingerprint density at radius 1 is 1.69 bits per heavy atom. The van der Waals surface area contributed by atoms with Crippen LogP contribution in [0.1, 0.15) is 30.4 Å². The average molecular weight is 223 g/mol. The number of aromatic amines is 1. The highest BCUT2D eigenvalue weighted by molar-refractivity contribution is 5.90. The molecule has 1 aromatic rings. The molecule has 2 unspecified atom stereocenters. The van der Waals surface area contributed by atoms with Gasteiger partial charge in [0.1, 0.15) is 6.33 Å². The van der Waals surface area contributed by atoms with Gasteiger partial charge in [0.15, 0.2) is 0 Å². The first-order chi connectivity index (χ1) is 7.66. The molecule has 6 heteroatoms. The number of piperidine rings is 1. The first kappa shape index (κ1) is 11.1. The third-order valence-electron chi connectivity index (χ3n) is 3.17. The lowest BCUT2D eigenvalue weighted by Crippen LogP contribution is -2.47. The van der Waals surface area contributed by atoms with Gasteiger partial charge in [-0.3, -0.25) is 9.89 Å². The summed E-state index contributed by atoms with van der Waals surface area (Å²) in [6.45, 7) is 3.19. The van der Waals surface area contributed by atoms with E-state index in [0.717, 1.165) is 19.4 Å². The number of hydrogen-bond donors (Lipinski definition) is 2. The molecule has 2 atom stereocenters. The lowest BCUT2D eigenvalue weighted by Gasteiger charge is -2.35. The van der Waals surface area contributed by atoms with Crippen molar-refractivity contribution in [2.45, 2.75) is 31.8 Å². The Morgan fingerprint density at radius 2 is 2.50 bits per heavy atom. The Balaban J connectivity index is 1.89. The molecule has 16 heavy (non-hydrogen) atoms. The Bertz CT molecular complexity index is 350. The summed E-state index contributed by atoms with van der Waals surface area (Å²) in [5.74, 6) is 0.117. The topological polar surface area (TPSA) is 73.9 Å². The summed E-state index contributed by atoms with van der Waals surface area (Å²) >= 11 is 0. The van der Waals surface area contributed by atoms with E-state index in [9.17, 15) is 4.79 Å². The van der Waals surface area contributed by atoms with Crippen molar-refractivity contribution < 1.29 is 4.79 Å². The molecule has 0 bridgehead atoms. The van der Waals surface area contributed by atoms with Crippen molar-refractivity contribution in [1.29, 1.82) is 0 Å². The normalized spacial score (nSPS) is 26.6. The van der Waals surface area contributed by atoms with E-state index < -0.39 is 0 Å². The summed E-state index contributed by atoms with van der Waals surface area (Å²) in [5.41, 5.74) is 0. The van der Waals surface area contributed by atoms with Gasteiger partial charge in [0, 0.05) is 18.6 Å². The van der Waals surface area contributed by atoms with Crippen LogP contribution in [0.3, 0.4) is 0 Å². The molecule has 2 heterocycles. The van der Waals surface area contributed by atoms with Crippen molar-refractivity contribution in [1.82, 2.24) is 25.4 Å². The van der Waals surface area contributed by atoms with Gasteiger partial charge < -0.3 is 10.2 Å². The predicted molar refractivity (Wildman–Crippen MR) is 59.0 cm³/mol. The van der Waals surface area contributed by atoms with E-state index in [1.807, 2.05) is 0 Å². The largest absolute Gasteiger partial charge is 0.346 e. The second kappa shape index (κ2) is 4.61. The van der Waals surface area contributed by atoms with Crippen LogP contribution in [0.25, 0.3) is 0 Å². The zero-order valence-electron chi connectivity index (χ0n) is 9.60. The number of likely N-dealkylation sites (tertiary alicyclic amines) is 1. The fraction of sp³-hybridized carbons (Fsp3) is 0.700. The molecule has 88 valence electrons. The molecule has 1 aromatic heterocycles. The van der Waals surface area contributed by atoms with Gasteiger partial charge in [0.25, 0.3) is 5.91 Å². The van der Waals surface area contributed by atoms with Gasteiger partial charge in [0.05, 0.1) is 0 Å². The van der Waals surface area contributed by atoms with Crippen molar-refractivity contribution in [2.24, 2.45) is 0 Å². The highest BCUT2D eigenvalue weighted by Crippen LogP contribution is 2.15. The molecule has 0 aromatic carbocycles. The van der Waals surface area contributed by atoms with Crippen LogP contribution in [0.2, 0.25) is 0 Å². The minimum atomic E-state index is -0.167. The second-order valence-electron chi connectivity index (χ2n) is 4.36. The van der Waals surface area contributed by atoms with Crippen LogP contribution in [0.5, 0.6) is 0 Å². The van der Waals surface area contributed by atoms with Crippen molar-refractivity contribution in [2.75, 3.05) is 13.6 Å². The maximum Gasteiger partial charge on any atom is 0.288 e. The van der Waals surface area contributed by atoms with Crippen LogP contribution in [0, 0.1) is 0 Å². The lowest BCUT2D eigenvalue weighted by molar-refractivity contribution is 0.0886. The van der Waals surface area contributed by atoms with E-state index in [4.69, 9.17) is 0 Å². The molecule has 0 aliphatic carbocycles. The van der Waals surface area contributed by atoms with E-state index in [-0.39, 0.29) is 17.8 Å². The summed E-state index contributed by atoms with van der Waals surface area (Å²) in [5, 5.41) is 9.19. The fourth-order valence-electron chi connectivity index (χ4n) is 1.99. The zero-order chi connectivity index (χ0) is 11.5. The minimum Gasteiger partial charge on any atom is -0.346 e. The first-order valence-corrected chi connectivity index (χ1v) is 5.53. The number of aromatic nitrogens is 3.